The Labute approximate surface area is 170 Å². The monoisotopic (exact) mass is 396 g/mol. The van der Waals surface area contributed by atoms with E-state index in [-0.39, 0.29) is 25.0 Å². The molecule has 29 heavy (non-hydrogen) atoms. The number of aliphatic imine (C=N–C) groups is 1. The Hall–Kier alpha value is -3.02. The number of amides is 1. The minimum Gasteiger partial charge on any atom is -0.465 e. The van der Waals surface area contributed by atoms with E-state index in [2.05, 4.69) is 0 Å². The molecule has 0 saturated heterocycles. The molecule has 6 heteroatoms. The molecule has 1 heterocycles. The maximum Gasteiger partial charge on any atom is 0.326 e. The lowest BCUT2D eigenvalue weighted by Crippen LogP contribution is -2.43. The van der Waals surface area contributed by atoms with Crippen molar-refractivity contribution < 1.29 is 18.7 Å². The van der Waals surface area contributed by atoms with Gasteiger partial charge in [-0.25, -0.2) is 4.39 Å². The average molecular weight is 396 g/mol. The minimum absolute atomic E-state index is 0.0509. The number of ether oxygens (including phenoxy) is 1. The Morgan fingerprint density at radius 3 is 2.59 bits per heavy atom. The summed E-state index contributed by atoms with van der Waals surface area (Å²) in [6.07, 6.45) is 0.736. The molecule has 2 aromatic carbocycles. The van der Waals surface area contributed by atoms with Crippen LogP contribution in [-0.4, -0.2) is 36.8 Å². The molecule has 0 N–H and O–H groups in total. The van der Waals surface area contributed by atoms with Crippen LogP contribution in [-0.2, 0) is 14.3 Å². The van der Waals surface area contributed by atoms with Gasteiger partial charge in [0, 0.05) is 11.1 Å². The maximum atomic E-state index is 14.2. The van der Waals surface area contributed by atoms with Gasteiger partial charge in [-0.15, -0.1) is 0 Å². The van der Waals surface area contributed by atoms with Crippen LogP contribution in [0.3, 0.4) is 0 Å². The van der Waals surface area contributed by atoms with E-state index in [9.17, 15) is 14.0 Å². The predicted octanol–water partition coefficient (Wildman–Crippen LogP) is 3.99. The summed E-state index contributed by atoms with van der Waals surface area (Å²) in [5, 5.41) is 0. The van der Waals surface area contributed by atoms with Crippen molar-refractivity contribution in [2.75, 3.05) is 18.1 Å². The number of hydrogen-bond acceptors (Lipinski definition) is 4. The Kier molecular flexibility index (Phi) is 6.42. The number of halogens is 1. The first-order valence-electron chi connectivity index (χ1n) is 9.86. The second kappa shape index (κ2) is 8.99. The summed E-state index contributed by atoms with van der Waals surface area (Å²) in [6, 6.07) is 12.9. The Morgan fingerprint density at radius 2 is 1.93 bits per heavy atom. The molecular weight excluding hydrogens is 371 g/mol. The average Bonchev–Trinajstić information content (AvgIpc) is 2.83. The number of benzodiazepines with no additional fused rings is 1. The topological polar surface area (TPSA) is 59.0 Å². The molecule has 2 atom stereocenters. The van der Waals surface area contributed by atoms with E-state index >= 15 is 0 Å². The van der Waals surface area contributed by atoms with E-state index in [1.165, 1.54) is 23.1 Å². The van der Waals surface area contributed by atoms with Gasteiger partial charge in [-0.2, -0.15) is 0 Å². The van der Waals surface area contributed by atoms with Crippen molar-refractivity contribution in [3.63, 3.8) is 0 Å². The van der Waals surface area contributed by atoms with Gasteiger partial charge in [0.25, 0.3) is 5.91 Å². The Balaban J connectivity index is 2.21. The molecule has 2 aromatic rings. The van der Waals surface area contributed by atoms with Crippen LogP contribution in [0.4, 0.5) is 10.1 Å². The summed E-state index contributed by atoms with van der Waals surface area (Å²) in [5.74, 6) is -1.28. The quantitative estimate of drug-likeness (QED) is 0.694. The van der Waals surface area contributed by atoms with Gasteiger partial charge in [0.1, 0.15) is 18.4 Å². The zero-order valence-corrected chi connectivity index (χ0v) is 16.9. The molecule has 3 rings (SSSR count). The standard InChI is InChI=1S/C23H25FN2O3/c1-4-15(3)21-23(28)26(14-20(27)29-5-2)19-12-11-17(24)13-18(19)22(25-21)16-9-7-6-8-10-16/h6-13,15,21H,4-5,14H2,1-3H3/t15-,21-/m0/s1. The van der Waals surface area contributed by atoms with E-state index in [4.69, 9.17) is 9.73 Å². The summed E-state index contributed by atoms with van der Waals surface area (Å²) in [7, 11) is 0. The van der Waals surface area contributed by atoms with E-state index in [1.807, 2.05) is 44.2 Å². The second-order valence-electron chi connectivity index (χ2n) is 7.06. The number of esters is 1. The third-order valence-electron chi connectivity index (χ3n) is 5.11. The summed E-state index contributed by atoms with van der Waals surface area (Å²) in [4.78, 5) is 31.8. The molecule has 0 aromatic heterocycles. The van der Waals surface area contributed by atoms with Crippen molar-refractivity contribution >= 4 is 23.3 Å². The maximum absolute atomic E-state index is 14.2. The molecule has 0 unspecified atom stereocenters. The first-order chi connectivity index (χ1) is 14.0. The second-order valence-corrected chi connectivity index (χ2v) is 7.06. The Bertz CT molecular complexity index is 927. The van der Waals surface area contributed by atoms with Crippen molar-refractivity contribution in [3.05, 3.63) is 65.5 Å². The fraction of sp³-hybridized carbons (Fsp3) is 0.348. The van der Waals surface area contributed by atoms with Gasteiger partial charge in [-0.05, 0) is 31.0 Å². The van der Waals surface area contributed by atoms with Crippen LogP contribution >= 0.6 is 0 Å². The minimum atomic E-state index is -0.680. The van der Waals surface area contributed by atoms with Gasteiger partial charge in [0.2, 0.25) is 0 Å². The van der Waals surface area contributed by atoms with Crippen molar-refractivity contribution in [1.82, 2.24) is 0 Å². The molecule has 152 valence electrons. The SMILES string of the molecule is CCOC(=O)CN1C(=O)[C@H]([C@@H](C)CC)N=C(c2ccccc2)c2cc(F)ccc21. The van der Waals surface area contributed by atoms with Crippen molar-refractivity contribution in [2.45, 2.75) is 33.2 Å². The van der Waals surface area contributed by atoms with E-state index in [1.54, 1.807) is 6.92 Å². The van der Waals surface area contributed by atoms with Gasteiger partial charge >= 0.3 is 5.97 Å². The lowest BCUT2D eigenvalue weighted by molar-refractivity contribution is -0.142. The van der Waals surface area contributed by atoms with Crippen LogP contribution in [0, 0.1) is 11.7 Å². The normalized spacial score (nSPS) is 17.2. The lowest BCUT2D eigenvalue weighted by atomic mass is 9.98. The number of rotatable bonds is 6. The number of fused-ring (bicyclic) bond motifs is 1. The molecule has 0 spiro atoms. The van der Waals surface area contributed by atoms with Gasteiger partial charge in [-0.1, -0.05) is 50.6 Å². The highest BCUT2D eigenvalue weighted by molar-refractivity contribution is 6.20. The molecule has 1 amide bonds. The van der Waals surface area contributed by atoms with E-state index < -0.39 is 17.8 Å². The summed E-state index contributed by atoms with van der Waals surface area (Å²) >= 11 is 0. The highest BCUT2D eigenvalue weighted by atomic mass is 19.1. The summed E-state index contributed by atoms with van der Waals surface area (Å²) in [5.41, 5.74) is 2.28. The van der Waals surface area contributed by atoms with E-state index in [0.29, 0.717) is 17.0 Å². The molecule has 0 saturated carbocycles. The molecular formula is C23H25FN2O3. The molecule has 0 fully saturated rings. The number of carbonyl (C=O) groups is 2. The van der Waals surface area contributed by atoms with Crippen LogP contribution in [0.25, 0.3) is 0 Å². The highest BCUT2D eigenvalue weighted by Crippen LogP contribution is 2.31. The molecule has 0 radical (unpaired) electrons. The van der Waals surface area contributed by atoms with Crippen LogP contribution in [0.2, 0.25) is 0 Å². The summed E-state index contributed by atoms with van der Waals surface area (Å²) < 4.78 is 19.3. The van der Waals surface area contributed by atoms with Gasteiger partial charge in [0.05, 0.1) is 18.0 Å². The smallest absolute Gasteiger partial charge is 0.326 e. The van der Waals surface area contributed by atoms with Crippen molar-refractivity contribution in [2.24, 2.45) is 10.9 Å². The number of anilines is 1. The summed E-state index contributed by atoms with van der Waals surface area (Å²) in [6.45, 7) is 5.63. The van der Waals surface area contributed by atoms with Crippen LogP contribution in [0.1, 0.15) is 38.3 Å². The number of nitrogens with zero attached hydrogens (tertiary/aromatic N) is 2. The van der Waals surface area contributed by atoms with Crippen LogP contribution in [0.5, 0.6) is 0 Å². The third kappa shape index (κ3) is 4.36. The molecule has 1 aliphatic rings. The molecule has 5 nitrogen and oxygen atoms in total. The largest absolute Gasteiger partial charge is 0.465 e. The van der Waals surface area contributed by atoms with Gasteiger partial charge in [0.15, 0.2) is 0 Å². The van der Waals surface area contributed by atoms with Gasteiger partial charge < -0.3 is 4.74 Å². The highest BCUT2D eigenvalue weighted by Gasteiger charge is 2.35. The first-order valence-corrected chi connectivity index (χ1v) is 9.86. The zero-order valence-electron chi connectivity index (χ0n) is 16.9. The zero-order chi connectivity index (χ0) is 21.0. The van der Waals surface area contributed by atoms with Crippen molar-refractivity contribution in [3.8, 4) is 0 Å². The van der Waals surface area contributed by atoms with Gasteiger partial charge in [-0.3, -0.25) is 19.5 Å². The fourth-order valence-corrected chi connectivity index (χ4v) is 3.39. The molecule has 1 aliphatic heterocycles. The predicted molar refractivity (Wildman–Crippen MR) is 111 cm³/mol. The lowest BCUT2D eigenvalue weighted by Gasteiger charge is -2.26. The third-order valence-corrected chi connectivity index (χ3v) is 5.11. The number of benzene rings is 2. The van der Waals surface area contributed by atoms with Crippen LogP contribution in [0.15, 0.2) is 53.5 Å². The Morgan fingerprint density at radius 1 is 1.21 bits per heavy atom. The molecule has 0 bridgehead atoms. The van der Waals surface area contributed by atoms with Crippen LogP contribution < -0.4 is 4.90 Å². The number of carbonyl (C=O) groups excluding carboxylic acids is 2. The molecule has 0 aliphatic carbocycles. The van der Waals surface area contributed by atoms with Crippen molar-refractivity contribution in [1.29, 1.82) is 0 Å². The number of hydrogen-bond donors (Lipinski definition) is 0. The van der Waals surface area contributed by atoms with E-state index in [0.717, 1.165) is 12.0 Å². The fourth-order valence-electron chi connectivity index (χ4n) is 3.39. The first kappa shape index (κ1) is 20.7.